The lowest BCUT2D eigenvalue weighted by atomic mass is 9.98. The molecule has 0 radical (unpaired) electrons. The molecule has 0 atom stereocenters. The zero-order valence-corrected chi connectivity index (χ0v) is 12.2. The quantitative estimate of drug-likeness (QED) is 0.576. The highest BCUT2D eigenvalue weighted by atomic mass is 16.3. The summed E-state index contributed by atoms with van der Waals surface area (Å²) in [5, 5.41) is 20.1. The second-order valence-corrected chi connectivity index (χ2v) is 4.78. The Morgan fingerprint density at radius 2 is 1.67 bits per heavy atom. The fourth-order valence-corrected chi connectivity index (χ4v) is 2.22. The van der Waals surface area contributed by atoms with Crippen molar-refractivity contribution in [2.75, 3.05) is 5.73 Å². The van der Waals surface area contributed by atoms with Crippen LogP contribution in [-0.4, -0.2) is 10.2 Å². The molecule has 0 spiro atoms. The summed E-state index contributed by atoms with van der Waals surface area (Å²) in [6.45, 7) is 3.81. The van der Waals surface area contributed by atoms with Gasteiger partial charge < -0.3 is 15.9 Å². The molecule has 21 heavy (non-hydrogen) atoms. The third-order valence-electron chi connectivity index (χ3n) is 3.21. The second kappa shape index (κ2) is 6.18. The fourth-order valence-electron chi connectivity index (χ4n) is 2.22. The summed E-state index contributed by atoms with van der Waals surface area (Å²) in [4.78, 5) is 0. The average Bonchev–Trinajstić information content (AvgIpc) is 2.46. The van der Waals surface area contributed by atoms with Gasteiger partial charge in [-0.15, -0.1) is 0 Å². The van der Waals surface area contributed by atoms with Crippen LogP contribution in [0.4, 0.5) is 5.69 Å². The van der Waals surface area contributed by atoms with E-state index in [9.17, 15) is 10.2 Å². The van der Waals surface area contributed by atoms with E-state index in [0.717, 1.165) is 11.1 Å². The van der Waals surface area contributed by atoms with Gasteiger partial charge in [0.05, 0.1) is 5.69 Å². The van der Waals surface area contributed by atoms with Crippen LogP contribution in [0.3, 0.4) is 0 Å². The number of phenolic OH excluding ortho intramolecular Hbond substituents is 2. The number of phenols is 2. The van der Waals surface area contributed by atoms with E-state index in [1.807, 2.05) is 44.2 Å². The lowest BCUT2D eigenvalue weighted by Crippen LogP contribution is -1.91. The summed E-state index contributed by atoms with van der Waals surface area (Å²) in [6.07, 6.45) is 7.50. The van der Waals surface area contributed by atoms with Crippen LogP contribution in [0.1, 0.15) is 25.0 Å². The minimum absolute atomic E-state index is 0.0564. The predicted octanol–water partition coefficient (Wildman–Crippen LogP) is 4.41. The molecule has 0 aliphatic carbocycles. The number of hydrogen-bond acceptors (Lipinski definition) is 3. The van der Waals surface area contributed by atoms with E-state index in [1.165, 1.54) is 0 Å². The van der Waals surface area contributed by atoms with Gasteiger partial charge in [-0.2, -0.15) is 0 Å². The molecule has 4 N–H and O–H groups in total. The summed E-state index contributed by atoms with van der Waals surface area (Å²) in [5.74, 6) is 0.237. The van der Waals surface area contributed by atoms with Gasteiger partial charge in [-0.1, -0.05) is 30.4 Å². The lowest BCUT2D eigenvalue weighted by Gasteiger charge is -2.11. The van der Waals surface area contributed by atoms with E-state index in [0.29, 0.717) is 11.1 Å². The molecule has 0 saturated heterocycles. The molecular formula is C18H19NO2. The van der Waals surface area contributed by atoms with E-state index in [1.54, 1.807) is 24.3 Å². The van der Waals surface area contributed by atoms with Crippen molar-refractivity contribution in [3.63, 3.8) is 0 Å². The van der Waals surface area contributed by atoms with Crippen LogP contribution >= 0.6 is 0 Å². The SMILES string of the molecule is CC=Cc1ccc(O)c(-c2cc(N)c(O)c(C=CC)c2)c1. The van der Waals surface area contributed by atoms with Crippen molar-refractivity contribution >= 4 is 17.8 Å². The van der Waals surface area contributed by atoms with Crippen molar-refractivity contribution in [1.82, 2.24) is 0 Å². The van der Waals surface area contributed by atoms with E-state index >= 15 is 0 Å². The summed E-state index contributed by atoms with van der Waals surface area (Å²) >= 11 is 0. The summed E-state index contributed by atoms with van der Waals surface area (Å²) in [6, 6.07) is 8.86. The monoisotopic (exact) mass is 281 g/mol. The molecular weight excluding hydrogens is 262 g/mol. The van der Waals surface area contributed by atoms with Crippen molar-refractivity contribution in [2.45, 2.75) is 13.8 Å². The molecule has 108 valence electrons. The molecule has 0 bridgehead atoms. The first-order valence-corrected chi connectivity index (χ1v) is 6.78. The number of allylic oxidation sites excluding steroid dienone is 2. The van der Waals surface area contributed by atoms with Gasteiger partial charge in [-0.05, 0) is 49.2 Å². The number of nitrogen functional groups attached to an aromatic ring is 1. The van der Waals surface area contributed by atoms with Gasteiger partial charge in [0.25, 0.3) is 0 Å². The molecule has 2 rings (SSSR count). The van der Waals surface area contributed by atoms with Crippen LogP contribution in [0, 0.1) is 0 Å². The molecule has 3 nitrogen and oxygen atoms in total. The van der Waals surface area contributed by atoms with E-state index in [-0.39, 0.29) is 17.2 Å². The van der Waals surface area contributed by atoms with Crippen LogP contribution in [0.25, 0.3) is 23.3 Å². The summed E-state index contributed by atoms with van der Waals surface area (Å²) in [7, 11) is 0. The lowest BCUT2D eigenvalue weighted by molar-refractivity contribution is 0.475. The van der Waals surface area contributed by atoms with E-state index in [2.05, 4.69) is 0 Å². The van der Waals surface area contributed by atoms with Gasteiger partial charge in [-0.3, -0.25) is 0 Å². The fraction of sp³-hybridized carbons (Fsp3) is 0.111. The molecule has 2 aromatic rings. The van der Waals surface area contributed by atoms with Crippen LogP contribution in [0.2, 0.25) is 0 Å². The Bertz CT molecular complexity index is 715. The van der Waals surface area contributed by atoms with Crippen LogP contribution in [-0.2, 0) is 0 Å². The molecule has 0 amide bonds. The third kappa shape index (κ3) is 3.08. The molecule has 0 aliphatic heterocycles. The zero-order valence-electron chi connectivity index (χ0n) is 12.2. The first-order valence-electron chi connectivity index (χ1n) is 6.78. The first-order chi connectivity index (χ1) is 10.1. The maximum absolute atomic E-state index is 10.1. The Balaban J connectivity index is 2.63. The molecule has 3 heteroatoms. The maximum atomic E-state index is 10.1. The predicted molar refractivity (Wildman–Crippen MR) is 89.0 cm³/mol. The van der Waals surface area contributed by atoms with Crippen LogP contribution in [0.5, 0.6) is 11.5 Å². The first kappa shape index (κ1) is 14.7. The molecule has 0 saturated carbocycles. The number of aromatic hydroxyl groups is 2. The normalized spacial score (nSPS) is 11.5. The minimum atomic E-state index is 0.0564. The van der Waals surface area contributed by atoms with Crippen LogP contribution in [0.15, 0.2) is 42.5 Å². The molecule has 2 aromatic carbocycles. The largest absolute Gasteiger partial charge is 0.507 e. The van der Waals surface area contributed by atoms with Gasteiger partial charge >= 0.3 is 0 Å². The number of rotatable bonds is 3. The number of anilines is 1. The van der Waals surface area contributed by atoms with E-state index < -0.39 is 0 Å². The van der Waals surface area contributed by atoms with Crippen molar-refractivity contribution in [3.05, 3.63) is 53.6 Å². The van der Waals surface area contributed by atoms with Gasteiger partial charge in [0, 0.05) is 11.1 Å². The Hall–Kier alpha value is -2.68. The minimum Gasteiger partial charge on any atom is -0.507 e. The Labute approximate surface area is 124 Å². The highest BCUT2D eigenvalue weighted by Gasteiger charge is 2.10. The van der Waals surface area contributed by atoms with Gasteiger partial charge in [0.2, 0.25) is 0 Å². The van der Waals surface area contributed by atoms with Crippen molar-refractivity contribution < 1.29 is 10.2 Å². The zero-order chi connectivity index (χ0) is 15.4. The number of benzene rings is 2. The number of nitrogens with two attached hydrogens (primary N) is 1. The molecule has 0 fully saturated rings. The Morgan fingerprint density at radius 3 is 2.33 bits per heavy atom. The highest BCUT2D eigenvalue weighted by molar-refractivity contribution is 5.81. The third-order valence-corrected chi connectivity index (χ3v) is 3.21. The summed E-state index contributed by atoms with van der Waals surface area (Å²) in [5.41, 5.74) is 9.21. The standard InChI is InChI=1S/C18H19NO2/c1-3-5-12-7-8-17(20)15(9-12)14-10-13(6-4-2)18(21)16(19)11-14/h3-11,20-21H,19H2,1-2H3. The van der Waals surface area contributed by atoms with E-state index in [4.69, 9.17) is 5.73 Å². The highest BCUT2D eigenvalue weighted by Crippen LogP contribution is 2.36. The van der Waals surface area contributed by atoms with Gasteiger partial charge in [0.1, 0.15) is 11.5 Å². The van der Waals surface area contributed by atoms with Crippen LogP contribution < -0.4 is 5.73 Å². The van der Waals surface area contributed by atoms with Crippen molar-refractivity contribution in [3.8, 4) is 22.6 Å². The van der Waals surface area contributed by atoms with Gasteiger partial charge in [0.15, 0.2) is 0 Å². The van der Waals surface area contributed by atoms with Gasteiger partial charge in [-0.25, -0.2) is 0 Å². The summed E-state index contributed by atoms with van der Waals surface area (Å²) < 4.78 is 0. The van der Waals surface area contributed by atoms with Crippen molar-refractivity contribution in [1.29, 1.82) is 0 Å². The Kier molecular flexibility index (Phi) is 4.33. The molecule has 0 aromatic heterocycles. The maximum Gasteiger partial charge on any atom is 0.145 e. The average molecular weight is 281 g/mol. The van der Waals surface area contributed by atoms with Crippen molar-refractivity contribution in [2.24, 2.45) is 0 Å². The molecule has 0 aliphatic rings. The Morgan fingerprint density at radius 1 is 0.952 bits per heavy atom. The molecule has 0 unspecified atom stereocenters. The smallest absolute Gasteiger partial charge is 0.145 e. The number of hydrogen-bond donors (Lipinski definition) is 3. The topological polar surface area (TPSA) is 66.5 Å². The molecule has 0 heterocycles. The second-order valence-electron chi connectivity index (χ2n) is 4.78.